The first-order chi connectivity index (χ1) is 9.45. The zero-order valence-electron chi connectivity index (χ0n) is 12.1. The van der Waals surface area contributed by atoms with Crippen LogP contribution in [0.1, 0.15) is 36.2 Å². The van der Waals surface area contributed by atoms with Crippen molar-refractivity contribution in [2.45, 2.75) is 26.7 Å². The average molecular weight is 290 g/mol. The number of hydrogen-bond acceptors (Lipinski definition) is 2. The lowest BCUT2D eigenvalue weighted by molar-refractivity contribution is 0.0623. The van der Waals surface area contributed by atoms with Crippen molar-refractivity contribution in [1.29, 1.82) is 0 Å². The van der Waals surface area contributed by atoms with Gasteiger partial charge < -0.3 is 10.6 Å². The Bertz CT molecular complexity index is 505. The quantitative estimate of drug-likeness (QED) is 0.871. The molecule has 2 atom stereocenters. The van der Waals surface area contributed by atoms with Crippen LogP contribution in [0.25, 0.3) is 0 Å². The summed E-state index contributed by atoms with van der Waals surface area (Å²) in [6.07, 6.45) is 1.74. The number of carbonyl (C=O) groups excluding carboxylic acids is 1. The van der Waals surface area contributed by atoms with Crippen molar-refractivity contribution in [1.82, 2.24) is 4.90 Å². The van der Waals surface area contributed by atoms with Gasteiger partial charge in [-0.25, -0.2) is 0 Å². The van der Waals surface area contributed by atoms with Crippen LogP contribution in [-0.4, -0.2) is 28.9 Å². The zero-order chi connectivity index (χ0) is 14.7. The summed E-state index contributed by atoms with van der Waals surface area (Å²) in [5, 5.41) is 0. The maximum atomic E-state index is 12.6. The van der Waals surface area contributed by atoms with Crippen molar-refractivity contribution in [2.24, 2.45) is 17.6 Å². The zero-order valence-corrected chi connectivity index (χ0v) is 13.0. The second-order valence-corrected chi connectivity index (χ2v) is 6.52. The predicted molar refractivity (Wildman–Crippen MR) is 85.8 cm³/mol. The number of amides is 1. The lowest BCUT2D eigenvalue weighted by atomic mass is 9.91. The van der Waals surface area contributed by atoms with E-state index in [-0.39, 0.29) is 5.91 Å². The Labute approximate surface area is 126 Å². The molecule has 1 amide bonds. The highest BCUT2D eigenvalue weighted by atomic mass is 32.1. The minimum atomic E-state index is 0.119. The first-order valence-corrected chi connectivity index (χ1v) is 7.53. The van der Waals surface area contributed by atoms with E-state index in [1.54, 1.807) is 0 Å². The molecule has 0 spiro atoms. The fraction of sp³-hybridized carbons (Fsp3) is 0.500. The second kappa shape index (κ2) is 6.35. The number of rotatable bonds is 3. The molecule has 1 fully saturated rings. The van der Waals surface area contributed by atoms with Crippen LogP contribution in [0.3, 0.4) is 0 Å². The minimum absolute atomic E-state index is 0.119. The van der Waals surface area contributed by atoms with Crippen molar-refractivity contribution >= 4 is 23.1 Å². The van der Waals surface area contributed by atoms with Crippen LogP contribution in [0, 0.1) is 11.8 Å². The molecule has 0 bridgehead atoms. The summed E-state index contributed by atoms with van der Waals surface area (Å²) in [4.78, 5) is 15.0. The van der Waals surface area contributed by atoms with Crippen LogP contribution < -0.4 is 5.73 Å². The van der Waals surface area contributed by atoms with Crippen LogP contribution in [0.5, 0.6) is 0 Å². The van der Waals surface area contributed by atoms with Crippen molar-refractivity contribution in [3.05, 3.63) is 35.4 Å². The molecule has 0 aliphatic carbocycles. The number of thiocarbonyl (C=S) groups is 1. The minimum Gasteiger partial charge on any atom is -0.393 e. The number of nitrogens with two attached hydrogens (primary N) is 1. The van der Waals surface area contributed by atoms with Gasteiger partial charge in [0.1, 0.15) is 0 Å². The average Bonchev–Trinajstić information content (AvgIpc) is 2.36. The van der Waals surface area contributed by atoms with E-state index < -0.39 is 0 Å². The summed E-state index contributed by atoms with van der Waals surface area (Å²) in [6, 6.07) is 7.63. The van der Waals surface area contributed by atoms with E-state index in [9.17, 15) is 4.79 Å². The maximum Gasteiger partial charge on any atom is 0.253 e. The van der Waals surface area contributed by atoms with Crippen molar-refractivity contribution in [3.63, 3.8) is 0 Å². The fourth-order valence-corrected chi connectivity index (χ4v) is 3.19. The third-order valence-electron chi connectivity index (χ3n) is 3.71. The molecule has 20 heavy (non-hydrogen) atoms. The van der Waals surface area contributed by atoms with Crippen molar-refractivity contribution in [3.8, 4) is 0 Å². The summed E-state index contributed by atoms with van der Waals surface area (Å²) >= 11 is 4.92. The molecule has 0 saturated carbocycles. The van der Waals surface area contributed by atoms with Gasteiger partial charge in [0.05, 0.1) is 4.99 Å². The van der Waals surface area contributed by atoms with E-state index in [2.05, 4.69) is 13.8 Å². The molecular weight excluding hydrogens is 268 g/mol. The fourth-order valence-electron chi connectivity index (χ4n) is 3.03. The lowest BCUT2D eigenvalue weighted by Gasteiger charge is -2.35. The Hall–Kier alpha value is -1.42. The van der Waals surface area contributed by atoms with E-state index in [4.69, 9.17) is 18.0 Å². The first kappa shape index (κ1) is 15.0. The molecule has 1 heterocycles. The van der Waals surface area contributed by atoms with E-state index in [1.165, 1.54) is 6.42 Å². The molecule has 1 aliphatic rings. The molecule has 2 unspecified atom stereocenters. The largest absolute Gasteiger partial charge is 0.393 e. The Balaban J connectivity index is 2.14. The number of hydrogen-bond donors (Lipinski definition) is 1. The Kier molecular flexibility index (Phi) is 4.76. The topological polar surface area (TPSA) is 46.3 Å². The van der Waals surface area contributed by atoms with Crippen LogP contribution in [0.4, 0.5) is 0 Å². The number of benzene rings is 1. The first-order valence-electron chi connectivity index (χ1n) is 7.12. The van der Waals surface area contributed by atoms with Gasteiger partial charge in [0, 0.05) is 25.1 Å². The second-order valence-electron chi connectivity index (χ2n) is 6.00. The summed E-state index contributed by atoms with van der Waals surface area (Å²) in [5.41, 5.74) is 7.30. The highest BCUT2D eigenvalue weighted by Crippen LogP contribution is 2.22. The van der Waals surface area contributed by atoms with Gasteiger partial charge in [0.2, 0.25) is 0 Å². The normalized spacial score (nSPS) is 22.6. The highest BCUT2D eigenvalue weighted by molar-refractivity contribution is 7.80. The van der Waals surface area contributed by atoms with Crippen LogP contribution in [0.15, 0.2) is 24.3 Å². The summed E-state index contributed by atoms with van der Waals surface area (Å²) in [5.74, 6) is 1.26. The van der Waals surface area contributed by atoms with E-state index in [0.29, 0.717) is 23.2 Å². The molecule has 3 nitrogen and oxygen atoms in total. The van der Waals surface area contributed by atoms with Gasteiger partial charge >= 0.3 is 0 Å². The van der Waals surface area contributed by atoms with Crippen LogP contribution in [0.2, 0.25) is 0 Å². The van der Waals surface area contributed by atoms with Crippen molar-refractivity contribution < 1.29 is 4.79 Å². The van der Waals surface area contributed by atoms with Gasteiger partial charge in [-0.3, -0.25) is 4.79 Å². The molecule has 1 aliphatic heterocycles. The molecule has 4 heteroatoms. The molecule has 1 saturated heterocycles. The third kappa shape index (κ3) is 3.79. The summed E-state index contributed by atoms with van der Waals surface area (Å²) < 4.78 is 0. The standard InChI is InChI=1S/C16H22N2OS/c1-11-6-12(2)10-18(9-11)16(19)14-5-3-4-13(7-14)8-15(17)20/h3-5,7,11-12H,6,8-10H2,1-2H3,(H2,17,20). The Morgan fingerprint density at radius 2 is 2.00 bits per heavy atom. The SMILES string of the molecule is CC1CC(C)CN(C(=O)c2cccc(CC(N)=S)c2)C1. The Morgan fingerprint density at radius 1 is 1.35 bits per heavy atom. The van der Waals surface area contributed by atoms with Crippen molar-refractivity contribution in [2.75, 3.05) is 13.1 Å². The van der Waals surface area contributed by atoms with E-state index in [0.717, 1.165) is 24.2 Å². The van der Waals surface area contributed by atoms with Crippen LogP contribution in [-0.2, 0) is 6.42 Å². The molecule has 2 rings (SSSR count). The highest BCUT2D eigenvalue weighted by Gasteiger charge is 2.26. The molecule has 1 aromatic carbocycles. The lowest BCUT2D eigenvalue weighted by Crippen LogP contribution is -2.42. The van der Waals surface area contributed by atoms with Gasteiger partial charge in [-0.05, 0) is 36.0 Å². The van der Waals surface area contributed by atoms with Gasteiger partial charge in [-0.15, -0.1) is 0 Å². The molecule has 1 aromatic rings. The number of likely N-dealkylation sites (tertiary alicyclic amines) is 1. The van der Waals surface area contributed by atoms with E-state index >= 15 is 0 Å². The number of piperidine rings is 1. The van der Waals surface area contributed by atoms with Gasteiger partial charge in [0.15, 0.2) is 0 Å². The Morgan fingerprint density at radius 3 is 2.60 bits per heavy atom. The van der Waals surface area contributed by atoms with E-state index in [1.807, 2.05) is 29.2 Å². The van der Waals surface area contributed by atoms with Crippen LogP contribution >= 0.6 is 12.2 Å². The third-order valence-corrected chi connectivity index (χ3v) is 3.85. The monoisotopic (exact) mass is 290 g/mol. The molecule has 0 aromatic heterocycles. The summed E-state index contributed by atoms with van der Waals surface area (Å²) in [7, 11) is 0. The van der Waals surface area contributed by atoms with Gasteiger partial charge in [0.25, 0.3) is 5.91 Å². The molecule has 2 N–H and O–H groups in total. The molecule has 108 valence electrons. The predicted octanol–water partition coefficient (Wildman–Crippen LogP) is 2.63. The smallest absolute Gasteiger partial charge is 0.253 e. The number of nitrogens with zero attached hydrogens (tertiary/aromatic N) is 1. The maximum absolute atomic E-state index is 12.6. The number of carbonyl (C=O) groups is 1. The molecule has 0 radical (unpaired) electrons. The van der Waals surface area contributed by atoms with Gasteiger partial charge in [-0.1, -0.05) is 38.2 Å². The van der Waals surface area contributed by atoms with Gasteiger partial charge in [-0.2, -0.15) is 0 Å². The summed E-state index contributed by atoms with van der Waals surface area (Å²) in [6.45, 7) is 6.11. The molecular formula is C16H22N2OS.